The standard InChI is InChI=1S/C26H25Cl2FN2O2S/c1-30-26(33)24(13-18-5-3-2-4-6-18)31(15-19-7-11-22(29)12-8-19)25(32)17-34-16-20-9-10-21(27)14-23(20)28/h2-12,14,24H,13,15-17H2,1H3,(H,30,33)/t24-/m0/s1. The van der Waals surface area contributed by atoms with Crippen LogP contribution in [0.4, 0.5) is 4.39 Å². The van der Waals surface area contributed by atoms with Crippen molar-refractivity contribution in [2.24, 2.45) is 0 Å². The second-order valence-electron chi connectivity index (χ2n) is 7.70. The minimum Gasteiger partial charge on any atom is -0.357 e. The highest BCUT2D eigenvalue weighted by Gasteiger charge is 2.29. The second-order valence-corrected chi connectivity index (χ2v) is 9.53. The first-order chi connectivity index (χ1) is 16.4. The van der Waals surface area contributed by atoms with Crippen molar-refractivity contribution < 1.29 is 14.0 Å². The summed E-state index contributed by atoms with van der Waals surface area (Å²) in [7, 11) is 1.55. The number of carbonyl (C=O) groups excluding carboxylic acids is 2. The number of halogens is 3. The molecular weight excluding hydrogens is 494 g/mol. The van der Waals surface area contributed by atoms with E-state index in [4.69, 9.17) is 23.2 Å². The Kier molecular flexibility index (Phi) is 9.81. The zero-order valence-electron chi connectivity index (χ0n) is 18.6. The summed E-state index contributed by atoms with van der Waals surface area (Å²) < 4.78 is 13.4. The van der Waals surface area contributed by atoms with Crippen LogP contribution in [0.15, 0.2) is 72.8 Å². The average molecular weight is 519 g/mol. The molecule has 0 heterocycles. The molecule has 3 aromatic carbocycles. The number of rotatable bonds is 10. The Morgan fingerprint density at radius 3 is 2.35 bits per heavy atom. The number of hydrogen-bond donors (Lipinski definition) is 1. The van der Waals surface area contributed by atoms with Crippen LogP contribution in [0.25, 0.3) is 0 Å². The molecule has 0 aromatic heterocycles. The van der Waals surface area contributed by atoms with Crippen LogP contribution in [0.5, 0.6) is 0 Å². The molecule has 1 N–H and O–H groups in total. The van der Waals surface area contributed by atoms with Crippen molar-refractivity contribution in [2.45, 2.75) is 24.8 Å². The van der Waals surface area contributed by atoms with Gasteiger partial charge in [0.2, 0.25) is 11.8 Å². The normalized spacial score (nSPS) is 11.6. The Morgan fingerprint density at radius 2 is 1.71 bits per heavy atom. The molecule has 178 valence electrons. The van der Waals surface area contributed by atoms with E-state index in [0.29, 0.717) is 22.2 Å². The van der Waals surface area contributed by atoms with E-state index in [9.17, 15) is 14.0 Å². The molecule has 0 aliphatic heterocycles. The third-order valence-corrected chi connectivity index (χ3v) is 6.84. The fourth-order valence-corrected chi connectivity index (χ4v) is 4.95. The van der Waals surface area contributed by atoms with Crippen molar-refractivity contribution in [3.05, 3.63) is 105 Å². The molecule has 0 fully saturated rings. The zero-order chi connectivity index (χ0) is 24.5. The number of hydrogen-bond acceptors (Lipinski definition) is 3. The maximum absolute atomic E-state index is 13.4. The topological polar surface area (TPSA) is 49.4 Å². The number of benzene rings is 3. The van der Waals surface area contributed by atoms with E-state index in [2.05, 4.69) is 5.32 Å². The summed E-state index contributed by atoms with van der Waals surface area (Å²) in [6.45, 7) is 0.187. The van der Waals surface area contributed by atoms with Gasteiger partial charge in [0, 0.05) is 35.8 Å². The highest BCUT2D eigenvalue weighted by atomic mass is 35.5. The van der Waals surface area contributed by atoms with Crippen molar-refractivity contribution in [1.29, 1.82) is 0 Å². The Morgan fingerprint density at radius 1 is 1.00 bits per heavy atom. The molecule has 0 spiro atoms. The Hall–Kier alpha value is -2.54. The van der Waals surface area contributed by atoms with Crippen molar-refractivity contribution in [3.8, 4) is 0 Å². The van der Waals surface area contributed by atoms with Gasteiger partial charge in [0.25, 0.3) is 0 Å². The molecular formula is C26H25Cl2FN2O2S. The summed E-state index contributed by atoms with van der Waals surface area (Å²) in [6.07, 6.45) is 0.362. The van der Waals surface area contributed by atoms with Crippen molar-refractivity contribution in [2.75, 3.05) is 12.8 Å². The summed E-state index contributed by atoms with van der Waals surface area (Å²) >= 11 is 13.6. The van der Waals surface area contributed by atoms with E-state index >= 15 is 0 Å². The molecule has 1 atom stereocenters. The van der Waals surface area contributed by atoms with Crippen LogP contribution in [0.1, 0.15) is 16.7 Å². The van der Waals surface area contributed by atoms with E-state index in [1.54, 1.807) is 36.2 Å². The maximum atomic E-state index is 13.4. The van der Waals surface area contributed by atoms with Gasteiger partial charge in [0.15, 0.2) is 0 Å². The SMILES string of the molecule is CNC(=O)[C@H](Cc1ccccc1)N(Cc1ccc(F)cc1)C(=O)CSCc1ccc(Cl)cc1Cl. The predicted molar refractivity (Wildman–Crippen MR) is 138 cm³/mol. The van der Waals surface area contributed by atoms with Gasteiger partial charge in [-0.1, -0.05) is 71.7 Å². The van der Waals surface area contributed by atoms with E-state index in [0.717, 1.165) is 16.7 Å². The molecule has 3 aromatic rings. The molecule has 34 heavy (non-hydrogen) atoms. The van der Waals surface area contributed by atoms with Gasteiger partial charge >= 0.3 is 0 Å². The molecule has 0 bridgehead atoms. The van der Waals surface area contributed by atoms with Crippen molar-refractivity contribution in [3.63, 3.8) is 0 Å². The third-order valence-electron chi connectivity index (χ3n) is 5.28. The summed E-state index contributed by atoms with van der Waals surface area (Å²) in [4.78, 5) is 27.8. The molecule has 3 rings (SSSR count). The van der Waals surface area contributed by atoms with Gasteiger partial charge in [-0.15, -0.1) is 11.8 Å². The second kappa shape index (κ2) is 12.8. The molecule has 4 nitrogen and oxygen atoms in total. The first-order valence-electron chi connectivity index (χ1n) is 10.7. The summed E-state index contributed by atoms with van der Waals surface area (Å²) in [5.41, 5.74) is 2.55. The minimum atomic E-state index is -0.718. The molecule has 8 heteroatoms. The minimum absolute atomic E-state index is 0.155. The Labute approximate surface area is 213 Å². The van der Waals surface area contributed by atoms with Gasteiger partial charge in [-0.05, 0) is 41.0 Å². The molecule has 0 radical (unpaired) electrons. The molecule has 0 aliphatic carbocycles. The van der Waals surface area contributed by atoms with Gasteiger partial charge in [0.05, 0.1) is 5.75 Å². The lowest BCUT2D eigenvalue weighted by atomic mass is 10.0. The van der Waals surface area contributed by atoms with Crippen LogP contribution in [-0.2, 0) is 28.3 Å². The van der Waals surface area contributed by atoms with E-state index in [-0.39, 0.29) is 29.9 Å². The maximum Gasteiger partial charge on any atom is 0.242 e. The number of nitrogens with one attached hydrogen (secondary N) is 1. The van der Waals surface area contributed by atoms with Crippen LogP contribution < -0.4 is 5.32 Å². The van der Waals surface area contributed by atoms with Crippen molar-refractivity contribution in [1.82, 2.24) is 10.2 Å². The number of thioether (sulfide) groups is 1. The highest BCUT2D eigenvalue weighted by Crippen LogP contribution is 2.25. The molecule has 0 saturated heterocycles. The van der Waals surface area contributed by atoms with E-state index < -0.39 is 6.04 Å². The van der Waals surface area contributed by atoms with Gasteiger partial charge < -0.3 is 10.2 Å². The Balaban J connectivity index is 1.80. The van der Waals surface area contributed by atoms with Crippen LogP contribution in [0, 0.1) is 5.82 Å². The number of likely N-dealkylation sites (N-methyl/N-ethyl adjacent to an activating group) is 1. The lowest BCUT2D eigenvalue weighted by Crippen LogP contribution is -2.50. The molecule has 0 saturated carbocycles. The summed E-state index contributed by atoms with van der Waals surface area (Å²) in [6, 6.07) is 20.0. The smallest absolute Gasteiger partial charge is 0.242 e. The van der Waals surface area contributed by atoms with Crippen LogP contribution in [0.2, 0.25) is 10.0 Å². The Bertz CT molecular complexity index is 1110. The van der Waals surface area contributed by atoms with Crippen LogP contribution in [-0.4, -0.2) is 35.6 Å². The van der Waals surface area contributed by atoms with Crippen LogP contribution in [0.3, 0.4) is 0 Å². The van der Waals surface area contributed by atoms with E-state index in [1.165, 1.54) is 23.9 Å². The van der Waals surface area contributed by atoms with Crippen molar-refractivity contribution >= 4 is 46.8 Å². The van der Waals surface area contributed by atoms with Crippen LogP contribution >= 0.6 is 35.0 Å². The fraction of sp³-hybridized carbons (Fsp3) is 0.231. The highest BCUT2D eigenvalue weighted by molar-refractivity contribution is 7.99. The first kappa shape index (κ1) is 26.1. The summed E-state index contributed by atoms with van der Waals surface area (Å²) in [5.74, 6) is -0.129. The molecule has 2 amide bonds. The fourth-order valence-electron chi connectivity index (χ4n) is 3.48. The zero-order valence-corrected chi connectivity index (χ0v) is 21.0. The number of nitrogens with zero attached hydrogens (tertiary/aromatic N) is 1. The summed E-state index contributed by atoms with van der Waals surface area (Å²) in [5, 5.41) is 3.78. The first-order valence-corrected chi connectivity index (χ1v) is 12.6. The lowest BCUT2D eigenvalue weighted by molar-refractivity contribution is -0.139. The number of carbonyl (C=O) groups is 2. The van der Waals surface area contributed by atoms with Gasteiger partial charge in [-0.3, -0.25) is 9.59 Å². The quantitative estimate of drug-likeness (QED) is 0.371. The molecule has 0 aliphatic rings. The van der Waals surface area contributed by atoms with E-state index in [1.807, 2.05) is 36.4 Å². The average Bonchev–Trinajstić information content (AvgIpc) is 2.84. The lowest BCUT2D eigenvalue weighted by Gasteiger charge is -2.31. The van der Waals surface area contributed by atoms with Gasteiger partial charge in [0.1, 0.15) is 11.9 Å². The molecule has 0 unspecified atom stereocenters. The van der Waals surface area contributed by atoms with Gasteiger partial charge in [-0.25, -0.2) is 4.39 Å². The predicted octanol–water partition coefficient (Wildman–Crippen LogP) is 5.75. The van der Waals surface area contributed by atoms with Gasteiger partial charge in [-0.2, -0.15) is 0 Å². The third kappa shape index (κ3) is 7.49. The largest absolute Gasteiger partial charge is 0.357 e. The number of amides is 2. The monoisotopic (exact) mass is 518 g/mol.